The van der Waals surface area contributed by atoms with E-state index < -0.39 is 6.04 Å². The van der Waals surface area contributed by atoms with Crippen LogP contribution in [-0.4, -0.2) is 18.0 Å². The predicted molar refractivity (Wildman–Crippen MR) is 81.1 cm³/mol. The molecular weight excluding hydrogens is 264 g/mol. The Labute approximate surface area is 123 Å². The molecule has 0 bridgehead atoms. The molecule has 3 rings (SSSR count). The van der Waals surface area contributed by atoms with Gasteiger partial charge < -0.3 is 5.32 Å². The molecule has 0 aliphatic carbocycles. The van der Waals surface area contributed by atoms with Crippen molar-refractivity contribution in [1.82, 2.24) is 5.32 Å². The zero-order valence-electron chi connectivity index (χ0n) is 11.7. The van der Waals surface area contributed by atoms with Crippen LogP contribution in [0.25, 0.3) is 0 Å². The Bertz CT molecular complexity index is 665. The Balaban J connectivity index is 1.80. The lowest BCUT2D eigenvalue weighted by Crippen LogP contribution is -2.32. The smallest absolute Gasteiger partial charge is 0.325 e. The van der Waals surface area contributed by atoms with Gasteiger partial charge in [-0.25, -0.2) is 9.69 Å². The molecule has 0 saturated carbocycles. The Morgan fingerprint density at radius 3 is 2.33 bits per heavy atom. The normalized spacial score (nSPS) is 18.0. The third kappa shape index (κ3) is 2.65. The molecule has 1 unspecified atom stereocenters. The maximum atomic E-state index is 12.4. The van der Waals surface area contributed by atoms with E-state index in [1.54, 1.807) is 12.1 Å². The van der Waals surface area contributed by atoms with Crippen LogP contribution in [0.5, 0.6) is 0 Å². The maximum Gasteiger partial charge on any atom is 0.329 e. The van der Waals surface area contributed by atoms with Crippen molar-refractivity contribution >= 4 is 17.6 Å². The molecule has 0 radical (unpaired) electrons. The van der Waals surface area contributed by atoms with Gasteiger partial charge in [-0.3, -0.25) is 4.79 Å². The van der Waals surface area contributed by atoms with Crippen molar-refractivity contribution in [3.8, 4) is 0 Å². The molecule has 1 aliphatic heterocycles. The van der Waals surface area contributed by atoms with Crippen molar-refractivity contribution in [2.45, 2.75) is 19.4 Å². The first-order valence-electron chi connectivity index (χ1n) is 6.90. The van der Waals surface area contributed by atoms with Crippen LogP contribution in [-0.2, 0) is 11.2 Å². The van der Waals surface area contributed by atoms with Crippen LogP contribution in [0, 0.1) is 6.92 Å². The topological polar surface area (TPSA) is 49.4 Å². The van der Waals surface area contributed by atoms with E-state index in [1.165, 1.54) is 4.90 Å². The average Bonchev–Trinajstić information content (AvgIpc) is 2.76. The molecule has 1 aliphatic rings. The van der Waals surface area contributed by atoms with Gasteiger partial charge in [0.25, 0.3) is 5.91 Å². The number of imide groups is 1. The highest BCUT2D eigenvalue weighted by molar-refractivity contribution is 6.21. The van der Waals surface area contributed by atoms with Gasteiger partial charge in [-0.05, 0) is 24.6 Å². The van der Waals surface area contributed by atoms with Gasteiger partial charge in [0.1, 0.15) is 6.04 Å². The molecular formula is C17H16N2O2. The average molecular weight is 280 g/mol. The zero-order valence-corrected chi connectivity index (χ0v) is 11.7. The van der Waals surface area contributed by atoms with Crippen LogP contribution >= 0.6 is 0 Å². The van der Waals surface area contributed by atoms with E-state index in [0.29, 0.717) is 12.1 Å². The van der Waals surface area contributed by atoms with E-state index in [0.717, 1.165) is 11.1 Å². The Morgan fingerprint density at radius 2 is 1.67 bits per heavy atom. The Hall–Kier alpha value is -2.62. The number of hydrogen-bond donors (Lipinski definition) is 1. The summed E-state index contributed by atoms with van der Waals surface area (Å²) in [5.74, 6) is -0.201. The summed E-state index contributed by atoms with van der Waals surface area (Å²) in [5.41, 5.74) is 2.73. The third-order valence-corrected chi connectivity index (χ3v) is 3.59. The van der Waals surface area contributed by atoms with Crippen LogP contribution < -0.4 is 10.2 Å². The van der Waals surface area contributed by atoms with Crippen molar-refractivity contribution in [1.29, 1.82) is 0 Å². The van der Waals surface area contributed by atoms with Crippen LogP contribution in [0.15, 0.2) is 54.6 Å². The maximum absolute atomic E-state index is 12.4. The van der Waals surface area contributed by atoms with E-state index >= 15 is 0 Å². The van der Waals surface area contributed by atoms with E-state index in [2.05, 4.69) is 5.32 Å². The molecule has 1 N–H and O–H groups in total. The number of anilines is 1. The second-order valence-corrected chi connectivity index (χ2v) is 5.20. The summed E-state index contributed by atoms with van der Waals surface area (Å²) in [4.78, 5) is 25.7. The van der Waals surface area contributed by atoms with Crippen LogP contribution in [0.2, 0.25) is 0 Å². The van der Waals surface area contributed by atoms with Crippen molar-refractivity contribution in [3.05, 3.63) is 65.7 Å². The van der Waals surface area contributed by atoms with E-state index in [1.807, 2.05) is 49.4 Å². The van der Waals surface area contributed by atoms with Crippen molar-refractivity contribution < 1.29 is 9.59 Å². The second kappa shape index (κ2) is 5.40. The van der Waals surface area contributed by atoms with Gasteiger partial charge in [0.15, 0.2) is 0 Å². The number of nitrogens with zero attached hydrogens (tertiary/aromatic N) is 1. The number of rotatable bonds is 3. The molecule has 1 fully saturated rings. The Kier molecular flexibility index (Phi) is 3.44. The SMILES string of the molecule is Cc1ccc(N2C(=O)NC(Cc3ccccc3)C2=O)cc1. The fourth-order valence-corrected chi connectivity index (χ4v) is 2.46. The van der Waals surface area contributed by atoms with Crippen molar-refractivity contribution in [2.24, 2.45) is 0 Å². The highest BCUT2D eigenvalue weighted by atomic mass is 16.2. The van der Waals surface area contributed by atoms with Gasteiger partial charge in [0.2, 0.25) is 0 Å². The predicted octanol–water partition coefficient (Wildman–Crippen LogP) is 2.66. The molecule has 2 aromatic carbocycles. The molecule has 4 heteroatoms. The third-order valence-electron chi connectivity index (χ3n) is 3.59. The number of urea groups is 1. The highest BCUT2D eigenvalue weighted by Crippen LogP contribution is 2.21. The number of benzene rings is 2. The largest absolute Gasteiger partial charge is 0.329 e. The number of nitrogens with one attached hydrogen (secondary N) is 1. The standard InChI is InChI=1S/C17H16N2O2/c1-12-7-9-14(10-8-12)19-16(20)15(18-17(19)21)11-13-5-3-2-4-6-13/h2-10,15H,11H2,1H3,(H,18,21). The van der Waals surface area contributed by atoms with E-state index in [4.69, 9.17) is 0 Å². The monoisotopic (exact) mass is 280 g/mol. The lowest BCUT2D eigenvalue weighted by molar-refractivity contribution is -0.118. The van der Waals surface area contributed by atoms with Crippen molar-refractivity contribution in [3.63, 3.8) is 0 Å². The lowest BCUT2D eigenvalue weighted by atomic mass is 10.1. The van der Waals surface area contributed by atoms with E-state index in [9.17, 15) is 9.59 Å². The Morgan fingerprint density at radius 1 is 1.00 bits per heavy atom. The highest BCUT2D eigenvalue weighted by Gasteiger charge is 2.38. The van der Waals surface area contributed by atoms with Gasteiger partial charge in [0, 0.05) is 6.42 Å². The van der Waals surface area contributed by atoms with E-state index in [-0.39, 0.29) is 11.9 Å². The first-order valence-corrected chi connectivity index (χ1v) is 6.90. The molecule has 4 nitrogen and oxygen atoms in total. The fourth-order valence-electron chi connectivity index (χ4n) is 2.46. The summed E-state index contributed by atoms with van der Waals surface area (Å²) in [7, 11) is 0. The van der Waals surface area contributed by atoms with Crippen LogP contribution in [0.3, 0.4) is 0 Å². The van der Waals surface area contributed by atoms with Crippen LogP contribution in [0.4, 0.5) is 10.5 Å². The minimum atomic E-state index is -0.499. The summed E-state index contributed by atoms with van der Waals surface area (Å²) in [5, 5.41) is 2.75. The summed E-state index contributed by atoms with van der Waals surface area (Å²) < 4.78 is 0. The number of carbonyl (C=O) groups excluding carboxylic acids is 2. The molecule has 1 heterocycles. The number of amides is 3. The number of aryl methyl sites for hydroxylation is 1. The van der Waals surface area contributed by atoms with Crippen LogP contribution in [0.1, 0.15) is 11.1 Å². The second-order valence-electron chi connectivity index (χ2n) is 5.20. The van der Waals surface area contributed by atoms with Crippen molar-refractivity contribution in [2.75, 3.05) is 4.90 Å². The molecule has 3 amide bonds. The van der Waals surface area contributed by atoms with Gasteiger partial charge in [-0.1, -0.05) is 48.0 Å². The molecule has 1 saturated heterocycles. The van der Waals surface area contributed by atoms with Gasteiger partial charge in [-0.15, -0.1) is 0 Å². The number of hydrogen-bond acceptors (Lipinski definition) is 2. The summed E-state index contributed by atoms with van der Waals surface area (Å²) in [6.07, 6.45) is 0.508. The molecule has 2 aromatic rings. The summed E-state index contributed by atoms with van der Waals surface area (Å²) >= 11 is 0. The summed E-state index contributed by atoms with van der Waals surface area (Å²) in [6, 6.07) is 16.2. The van der Waals surface area contributed by atoms with Gasteiger partial charge in [0.05, 0.1) is 5.69 Å². The first-order chi connectivity index (χ1) is 10.1. The first kappa shape index (κ1) is 13.4. The molecule has 1 atom stereocenters. The quantitative estimate of drug-likeness (QED) is 0.879. The minimum Gasteiger partial charge on any atom is -0.325 e. The molecule has 0 aromatic heterocycles. The lowest BCUT2D eigenvalue weighted by Gasteiger charge is -2.13. The minimum absolute atomic E-state index is 0.201. The molecule has 0 spiro atoms. The molecule has 21 heavy (non-hydrogen) atoms. The summed E-state index contributed by atoms with van der Waals surface area (Å²) in [6.45, 7) is 1.97. The van der Waals surface area contributed by atoms with Gasteiger partial charge >= 0.3 is 6.03 Å². The van der Waals surface area contributed by atoms with Gasteiger partial charge in [-0.2, -0.15) is 0 Å². The zero-order chi connectivity index (χ0) is 14.8. The number of carbonyl (C=O) groups is 2. The fraction of sp³-hybridized carbons (Fsp3) is 0.176. The molecule has 106 valence electrons.